The number of benzene rings is 1. The lowest BCUT2D eigenvalue weighted by Crippen LogP contribution is -1.93. The van der Waals surface area contributed by atoms with Crippen molar-refractivity contribution < 1.29 is 4.39 Å². The molecule has 1 aromatic rings. The highest BCUT2D eigenvalue weighted by Crippen LogP contribution is 2.19. The Hall–Kier alpha value is -1.11. The summed E-state index contributed by atoms with van der Waals surface area (Å²) >= 11 is 0. The van der Waals surface area contributed by atoms with E-state index < -0.39 is 0 Å². The monoisotopic (exact) mass is 177 g/mol. The summed E-state index contributed by atoms with van der Waals surface area (Å²) in [5, 5.41) is 0. The van der Waals surface area contributed by atoms with Gasteiger partial charge >= 0.3 is 0 Å². The van der Waals surface area contributed by atoms with Crippen LogP contribution in [0, 0.1) is 12.7 Å². The molecule has 1 rings (SSSR count). The van der Waals surface area contributed by atoms with E-state index in [0.717, 1.165) is 17.5 Å². The Morgan fingerprint density at radius 3 is 2.69 bits per heavy atom. The zero-order valence-electron chi connectivity index (χ0n) is 7.89. The van der Waals surface area contributed by atoms with Crippen LogP contribution in [-0.4, -0.2) is 0 Å². The van der Waals surface area contributed by atoms with Gasteiger partial charge in [-0.1, -0.05) is 19.1 Å². The van der Waals surface area contributed by atoms with E-state index in [1.807, 2.05) is 13.0 Å². The molecule has 1 radical (unpaired) electrons. The lowest BCUT2D eigenvalue weighted by molar-refractivity contribution is 0.623. The van der Waals surface area contributed by atoms with E-state index >= 15 is 0 Å². The minimum atomic E-state index is -0.190. The van der Waals surface area contributed by atoms with Crippen molar-refractivity contribution in [3.63, 3.8) is 0 Å². The van der Waals surface area contributed by atoms with Crippen molar-refractivity contribution in [1.82, 2.24) is 0 Å². The topological polar surface area (TPSA) is 0 Å². The Labute approximate surface area is 79.1 Å². The summed E-state index contributed by atoms with van der Waals surface area (Å²) < 4.78 is 13.0. The van der Waals surface area contributed by atoms with Gasteiger partial charge in [-0.25, -0.2) is 4.39 Å². The van der Waals surface area contributed by atoms with Gasteiger partial charge in [-0.15, -0.1) is 6.58 Å². The van der Waals surface area contributed by atoms with E-state index in [0.29, 0.717) is 0 Å². The van der Waals surface area contributed by atoms with Crippen LogP contribution >= 0.6 is 0 Å². The first-order valence-electron chi connectivity index (χ1n) is 4.42. The lowest BCUT2D eigenvalue weighted by atomic mass is 9.98. The van der Waals surface area contributed by atoms with Crippen LogP contribution in [0.2, 0.25) is 0 Å². The molecule has 0 saturated carbocycles. The van der Waals surface area contributed by atoms with E-state index in [2.05, 4.69) is 13.5 Å². The Balaban J connectivity index is 3.07. The highest BCUT2D eigenvalue weighted by Gasteiger charge is 2.04. The Morgan fingerprint density at radius 1 is 1.46 bits per heavy atom. The first kappa shape index (κ1) is 9.97. The predicted octanol–water partition coefficient (Wildman–Crippen LogP) is 3.49. The van der Waals surface area contributed by atoms with Crippen LogP contribution in [0.25, 0.3) is 0 Å². The van der Waals surface area contributed by atoms with Gasteiger partial charge < -0.3 is 0 Å². The number of aryl methyl sites for hydroxylation is 1. The van der Waals surface area contributed by atoms with Crippen LogP contribution in [-0.2, 0) is 6.42 Å². The third-order valence-electron chi connectivity index (χ3n) is 2.10. The second kappa shape index (κ2) is 4.22. The van der Waals surface area contributed by atoms with Gasteiger partial charge in [-0.05, 0) is 36.6 Å². The van der Waals surface area contributed by atoms with Crippen LogP contribution in [0.1, 0.15) is 24.0 Å². The normalized spacial score (nSPS) is 12.5. The highest BCUT2D eigenvalue weighted by molar-refractivity contribution is 5.30. The minimum absolute atomic E-state index is 0.0269. The summed E-state index contributed by atoms with van der Waals surface area (Å²) in [6.07, 6.45) is 2.56. The third-order valence-corrected chi connectivity index (χ3v) is 2.10. The quantitative estimate of drug-likeness (QED) is 0.620. The van der Waals surface area contributed by atoms with Crippen molar-refractivity contribution in [2.75, 3.05) is 0 Å². The van der Waals surface area contributed by atoms with Gasteiger partial charge in [0.2, 0.25) is 0 Å². The molecule has 1 aromatic carbocycles. The average molecular weight is 177 g/mol. The zero-order valence-corrected chi connectivity index (χ0v) is 7.89. The number of halogens is 1. The summed E-state index contributed by atoms with van der Waals surface area (Å²) in [6.45, 7) is 9.50. The molecular weight excluding hydrogens is 163 g/mol. The molecule has 0 aliphatic heterocycles. The van der Waals surface area contributed by atoms with Crippen molar-refractivity contribution in [1.29, 1.82) is 0 Å². The fourth-order valence-electron chi connectivity index (χ4n) is 1.23. The molecule has 1 unspecified atom stereocenters. The Morgan fingerprint density at radius 2 is 2.15 bits per heavy atom. The van der Waals surface area contributed by atoms with Crippen LogP contribution in [0.5, 0.6) is 0 Å². The zero-order chi connectivity index (χ0) is 9.84. The van der Waals surface area contributed by atoms with Crippen molar-refractivity contribution in [2.45, 2.75) is 19.3 Å². The maximum Gasteiger partial charge on any atom is 0.123 e. The first-order chi connectivity index (χ1) is 6.17. The van der Waals surface area contributed by atoms with Crippen molar-refractivity contribution in [2.24, 2.45) is 0 Å². The van der Waals surface area contributed by atoms with E-state index in [1.165, 1.54) is 6.07 Å². The number of rotatable bonds is 3. The van der Waals surface area contributed by atoms with Gasteiger partial charge in [0, 0.05) is 5.92 Å². The molecule has 0 bridgehead atoms. The molecule has 0 amide bonds. The number of hydrogen-bond donors (Lipinski definition) is 0. The number of allylic oxidation sites excluding steroid dienone is 1. The van der Waals surface area contributed by atoms with Gasteiger partial charge in [0.05, 0.1) is 0 Å². The number of hydrogen-bond acceptors (Lipinski definition) is 0. The molecule has 0 aliphatic carbocycles. The predicted molar refractivity (Wildman–Crippen MR) is 54.1 cm³/mol. The van der Waals surface area contributed by atoms with Crippen molar-refractivity contribution >= 4 is 0 Å². The second-order valence-corrected chi connectivity index (χ2v) is 3.09. The molecule has 0 saturated heterocycles. The Kier molecular flexibility index (Phi) is 3.24. The average Bonchev–Trinajstić information content (AvgIpc) is 2.15. The van der Waals surface area contributed by atoms with Gasteiger partial charge in [0.1, 0.15) is 5.82 Å². The SMILES string of the molecule is [CH2]C(C=C)c1cc(F)cc(CC)c1. The molecule has 0 aliphatic rings. The van der Waals surface area contributed by atoms with Crippen molar-refractivity contribution in [3.05, 3.63) is 54.7 Å². The molecule has 0 spiro atoms. The fraction of sp³-hybridized carbons (Fsp3) is 0.250. The molecule has 1 heteroatoms. The summed E-state index contributed by atoms with van der Waals surface area (Å²) in [5.41, 5.74) is 1.90. The van der Waals surface area contributed by atoms with E-state index in [9.17, 15) is 4.39 Å². The fourth-order valence-corrected chi connectivity index (χ4v) is 1.23. The van der Waals surface area contributed by atoms with Gasteiger partial charge in [-0.2, -0.15) is 0 Å². The van der Waals surface area contributed by atoms with Crippen molar-refractivity contribution in [3.8, 4) is 0 Å². The lowest BCUT2D eigenvalue weighted by Gasteiger charge is -2.08. The molecule has 69 valence electrons. The second-order valence-electron chi connectivity index (χ2n) is 3.09. The Bertz CT molecular complexity index is 302. The van der Waals surface area contributed by atoms with Crippen LogP contribution < -0.4 is 0 Å². The maximum absolute atomic E-state index is 13.0. The molecule has 0 fully saturated rings. The summed E-state index contributed by atoms with van der Waals surface area (Å²) in [6, 6.07) is 5.04. The smallest absolute Gasteiger partial charge is 0.123 e. The molecule has 0 heterocycles. The third kappa shape index (κ3) is 2.41. The molecule has 0 aromatic heterocycles. The summed E-state index contributed by atoms with van der Waals surface area (Å²) in [7, 11) is 0. The summed E-state index contributed by atoms with van der Waals surface area (Å²) in [5.74, 6) is -0.217. The summed E-state index contributed by atoms with van der Waals surface area (Å²) in [4.78, 5) is 0. The maximum atomic E-state index is 13.0. The highest BCUT2D eigenvalue weighted by atomic mass is 19.1. The largest absolute Gasteiger partial charge is 0.207 e. The minimum Gasteiger partial charge on any atom is -0.207 e. The van der Waals surface area contributed by atoms with E-state index in [4.69, 9.17) is 0 Å². The molecule has 1 atom stereocenters. The molecular formula is C12H14F. The van der Waals surface area contributed by atoms with Gasteiger partial charge in [-0.3, -0.25) is 0 Å². The molecule has 0 nitrogen and oxygen atoms in total. The van der Waals surface area contributed by atoms with Gasteiger partial charge in [0.15, 0.2) is 0 Å². The molecule has 0 N–H and O–H groups in total. The van der Waals surface area contributed by atoms with E-state index in [1.54, 1.807) is 12.1 Å². The van der Waals surface area contributed by atoms with Crippen LogP contribution in [0.3, 0.4) is 0 Å². The van der Waals surface area contributed by atoms with Gasteiger partial charge in [0.25, 0.3) is 0 Å². The van der Waals surface area contributed by atoms with Crippen LogP contribution in [0.15, 0.2) is 30.9 Å². The first-order valence-corrected chi connectivity index (χ1v) is 4.42. The van der Waals surface area contributed by atoms with E-state index in [-0.39, 0.29) is 11.7 Å². The molecule has 13 heavy (non-hydrogen) atoms. The standard InChI is InChI=1S/C12H14F/c1-4-9(3)11-6-10(5-2)7-12(13)8-11/h4,6-9H,1,3,5H2,2H3. The van der Waals surface area contributed by atoms with Crippen LogP contribution in [0.4, 0.5) is 4.39 Å².